The van der Waals surface area contributed by atoms with Crippen LogP contribution in [-0.2, 0) is 12.8 Å². The lowest BCUT2D eigenvalue weighted by atomic mass is 9.63. The summed E-state index contributed by atoms with van der Waals surface area (Å²) in [5, 5.41) is 0. The molecular formula is C25H37F. The van der Waals surface area contributed by atoms with Crippen LogP contribution in [0.15, 0.2) is 12.1 Å². The Morgan fingerprint density at radius 2 is 1.81 bits per heavy atom. The average Bonchev–Trinajstić information content (AvgIpc) is 2.66. The van der Waals surface area contributed by atoms with Crippen LogP contribution in [0.4, 0.5) is 4.39 Å². The smallest absolute Gasteiger partial charge is 0.126 e. The molecule has 0 bridgehead atoms. The zero-order chi connectivity index (χ0) is 18.1. The first-order valence-corrected chi connectivity index (χ1v) is 11.4. The number of fused-ring (bicyclic) bond motifs is 2. The molecule has 0 saturated heterocycles. The highest BCUT2D eigenvalue weighted by atomic mass is 19.1. The highest BCUT2D eigenvalue weighted by Gasteiger charge is 2.36. The van der Waals surface area contributed by atoms with E-state index < -0.39 is 0 Å². The van der Waals surface area contributed by atoms with Gasteiger partial charge in [0, 0.05) is 0 Å². The molecule has 3 aliphatic carbocycles. The molecule has 26 heavy (non-hydrogen) atoms. The van der Waals surface area contributed by atoms with Crippen molar-refractivity contribution in [3.05, 3.63) is 34.6 Å². The summed E-state index contributed by atoms with van der Waals surface area (Å²) in [5.41, 5.74) is 3.67. The molecule has 2 fully saturated rings. The van der Waals surface area contributed by atoms with E-state index in [0.717, 1.165) is 36.2 Å². The van der Waals surface area contributed by atoms with Crippen molar-refractivity contribution in [3.8, 4) is 0 Å². The molecule has 5 unspecified atom stereocenters. The van der Waals surface area contributed by atoms with Crippen molar-refractivity contribution in [2.45, 2.75) is 96.8 Å². The quantitative estimate of drug-likeness (QED) is 0.526. The first-order chi connectivity index (χ1) is 12.6. The van der Waals surface area contributed by atoms with E-state index in [1.165, 1.54) is 75.3 Å². The van der Waals surface area contributed by atoms with Gasteiger partial charge in [-0.05, 0) is 104 Å². The summed E-state index contributed by atoms with van der Waals surface area (Å²) in [5.74, 6) is 4.21. The summed E-state index contributed by atoms with van der Waals surface area (Å²) in [6.45, 7) is 4.57. The van der Waals surface area contributed by atoms with Crippen molar-refractivity contribution in [2.24, 2.45) is 23.7 Å². The summed E-state index contributed by atoms with van der Waals surface area (Å²) in [4.78, 5) is 0. The third kappa shape index (κ3) is 3.87. The van der Waals surface area contributed by atoms with Crippen LogP contribution in [0.25, 0.3) is 0 Å². The van der Waals surface area contributed by atoms with Crippen LogP contribution >= 0.6 is 0 Å². The molecule has 0 spiro atoms. The number of aryl methyl sites for hydroxylation is 1. The van der Waals surface area contributed by atoms with Crippen LogP contribution in [0.2, 0.25) is 0 Å². The van der Waals surface area contributed by atoms with Crippen molar-refractivity contribution in [2.75, 3.05) is 0 Å². The van der Waals surface area contributed by atoms with Crippen molar-refractivity contribution >= 4 is 0 Å². The van der Waals surface area contributed by atoms with Gasteiger partial charge in [-0.25, -0.2) is 4.39 Å². The molecule has 1 aromatic rings. The number of hydrogen-bond donors (Lipinski definition) is 0. The first kappa shape index (κ1) is 18.5. The van der Waals surface area contributed by atoms with Gasteiger partial charge in [0.25, 0.3) is 0 Å². The molecule has 0 aliphatic heterocycles. The maximum absolute atomic E-state index is 14.8. The van der Waals surface area contributed by atoms with E-state index in [9.17, 15) is 4.39 Å². The predicted molar refractivity (Wildman–Crippen MR) is 108 cm³/mol. The minimum absolute atomic E-state index is 0.0921. The van der Waals surface area contributed by atoms with E-state index >= 15 is 0 Å². The molecule has 1 aromatic carbocycles. The van der Waals surface area contributed by atoms with Gasteiger partial charge in [-0.3, -0.25) is 0 Å². The van der Waals surface area contributed by atoms with Crippen molar-refractivity contribution < 1.29 is 4.39 Å². The molecule has 0 N–H and O–H groups in total. The lowest BCUT2D eigenvalue weighted by Gasteiger charge is -2.42. The molecule has 0 aromatic heterocycles. The summed E-state index contributed by atoms with van der Waals surface area (Å²) < 4.78 is 14.8. The molecule has 0 nitrogen and oxygen atoms in total. The van der Waals surface area contributed by atoms with Crippen LogP contribution in [0.1, 0.15) is 101 Å². The predicted octanol–water partition coefficient (Wildman–Crippen LogP) is 7.44. The Kier molecular flexibility index (Phi) is 5.72. The molecule has 0 amide bonds. The molecule has 4 rings (SSSR count). The Hall–Kier alpha value is -0.850. The highest BCUT2D eigenvalue weighted by Crippen LogP contribution is 2.48. The van der Waals surface area contributed by atoms with Crippen LogP contribution in [0, 0.1) is 29.5 Å². The Morgan fingerprint density at radius 3 is 2.65 bits per heavy atom. The maximum Gasteiger partial charge on any atom is 0.126 e. The van der Waals surface area contributed by atoms with Gasteiger partial charge in [0.1, 0.15) is 5.82 Å². The molecule has 0 heterocycles. The second-order valence-corrected chi connectivity index (χ2v) is 9.84. The Morgan fingerprint density at radius 1 is 1.00 bits per heavy atom. The monoisotopic (exact) mass is 356 g/mol. The molecule has 2 saturated carbocycles. The minimum atomic E-state index is 0.0921. The van der Waals surface area contributed by atoms with Crippen LogP contribution in [0.3, 0.4) is 0 Å². The van der Waals surface area contributed by atoms with Gasteiger partial charge in [-0.15, -0.1) is 0 Å². The Balaban J connectivity index is 1.43. The Labute approximate surface area is 160 Å². The molecule has 3 aliphatic rings. The summed E-state index contributed by atoms with van der Waals surface area (Å²) in [6, 6.07) is 4.30. The summed E-state index contributed by atoms with van der Waals surface area (Å²) in [6.07, 6.45) is 15.8. The Bertz CT molecular complexity index is 619. The van der Waals surface area contributed by atoms with Gasteiger partial charge in [0.05, 0.1) is 0 Å². The fourth-order valence-electron chi connectivity index (χ4n) is 6.30. The zero-order valence-electron chi connectivity index (χ0n) is 16.9. The van der Waals surface area contributed by atoms with E-state index in [1.807, 2.05) is 6.07 Å². The topological polar surface area (TPSA) is 0 Å². The van der Waals surface area contributed by atoms with Gasteiger partial charge in [-0.1, -0.05) is 45.6 Å². The van der Waals surface area contributed by atoms with Crippen molar-refractivity contribution in [1.29, 1.82) is 0 Å². The lowest BCUT2D eigenvalue weighted by Crippen LogP contribution is -2.30. The molecule has 0 radical (unpaired) electrons. The fraction of sp³-hybridized carbons (Fsp3) is 0.760. The first-order valence-electron chi connectivity index (χ1n) is 11.4. The van der Waals surface area contributed by atoms with E-state index in [1.54, 1.807) is 0 Å². The maximum atomic E-state index is 14.8. The van der Waals surface area contributed by atoms with E-state index in [-0.39, 0.29) is 5.82 Å². The fourth-order valence-corrected chi connectivity index (χ4v) is 6.30. The van der Waals surface area contributed by atoms with E-state index in [4.69, 9.17) is 0 Å². The standard InChI is InChI=1S/C25H37F/c1-3-4-5-18-7-9-20-14-21(11-10-19(20)13-18)23-15-22-8-6-17(2)12-24(22)25(26)16-23/h15-21H,3-14H2,1-2H3. The van der Waals surface area contributed by atoms with Crippen LogP contribution in [-0.4, -0.2) is 0 Å². The van der Waals surface area contributed by atoms with Crippen molar-refractivity contribution in [3.63, 3.8) is 0 Å². The molecule has 144 valence electrons. The summed E-state index contributed by atoms with van der Waals surface area (Å²) in [7, 11) is 0. The largest absolute Gasteiger partial charge is 0.207 e. The molecular weight excluding hydrogens is 319 g/mol. The van der Waals surface area contributed by atoms with Gasteiger partial charge in [0.2, 0.25) is 0 Å². The van der Waals surface area contributed by atoms with E-state index in [0.29, 0.717) is 11.8 Å². The number of halogens is 1. The zero-order valence-corrected chi connectivity index (χ0v) is 16.9. The highest BCUT2D eigenvalue weighted by molar-refractivity contribution is 5.37. The van der Waals surface area contributed by atoms with Gasteiger partial charge >= 0.3 is 0 Å². The van der Waals surface area contributed by atoms with E-state index in [2.05, 4.69) is 19.9 Å². The number of benzene rings is 1. The van der Waals surface area contributed by atoms with Gasteiger partial charge in [0.15, 0.2) is 0 Å². The average molecular weight is 357 g/mol. The summed E-state index contributed by atoms with van der Waals surface area (Å²) >= 11 is 0. The number of hydrogen-bond acceptors (Lipinski definition) is 0. The van der Waals surface area contributed by atoms with Gasteiger partial charge < -0.3 is 0 Å². The van der Waals surface area contributed by atoms with Crippen LogP contribution in [0.5, 0.6) is 0 Å². The normalized spacial score (nSPS) is 34.2. The van der Waals surface area contributed by atoms with Gasteiger partial charge in [-0.2, -0.15) is 0 Å². The third-order valence-corrected chi connectivity index (χ3v) is 7.93. The van der Waals surface area contributed by atoms with Crippen LogP contribution < -0.4 is 0 Å². The third-order valence-electron chi connectivity index (χ3n) is 7.93. The SMILES string of the molecule is CCCCC1CCC2CC(c3cc(F)c4c(c3)CCC(C)C4)CCC2C1. The lowest BCUT2D eigenvalue weighted by molar-refractivity contribution is 0.113. The van der Waals surface area contributed by atoms with Crippen molar-refractivity contribution in [1.82, 2.24) is 0 Å². The molecule has 5 atom stereocenters. The number of rotatable bonds is 4. The molecule has 1 heteroatoms. The second kappa shape index (κ2) is 8.03. The number of unbranched alkanes of at least 4 members (excludes halogenated alkanes) is 1. The second-order valence-electron chi connectivity index (χ2n) is 9.84. The minimum Gasteiger partial charge on any atom is -0.207 e.